The highest BCUT2D eigenvalue weighted by molar-refractivity contribution is 5.81. The lowest BCUT2D eigenvalue weighted by atomic mass is 9.89. The Morgan fingerprint density at radius 2 is 2.09 bits per heavy atom. The standard InChI is InChI=1S/C18H23NO4/c1-12-6-7-14(23-12)8-9-17(20)19-10-13-4-2-3-5-15(13)16(11-19)18(21)22/h2-5,12,14,16H,6-11H2,1H3,(H,21,22). The molecule has 1 aromatic rings. The minimum absolute atomic E-state index is 0.0221. The van der Waals surface area contributed by atoms with E-state index in [0.29, 0.717) is 13.0 Å². The SMILES string of the molecule is CC1CCC(CCC(=O)N2Cc3ccccc3C(C(=O)O)C2)O1. The zero-order valence-electron chi connectivity index (χ0n) is 13.4. The zero-order chi connectivity index (χ0) is 16.4. The van der Waals surface area contributed by atoms with Crippen LogP contribution in [0.15, 0.2) is 24.3 Å². The van der Waals surface area contributed by atoms with Gasteiger partial charge in [-0.2, -0.15) is 0 Å². The second kappa shape index (κ2) is 6.71. The van der Waals surface area contributed by atoms with Crippen LogP contribution in [0.1, 0.15) is 49.7 Å². The molecule has 1 amide bonds. The van der Waals surface area contributed by atoms with Crippen molar-refractivity contribution in [3.8, 4) is 0 Å². The maximum Gasteiger partial charge on any atom is 0.312 e. The molecule has 0 aliphatic carbocycles. The van der Waals surface area contributed by atoms with Crippen LogP contribution in [0.25, 0.3) is 0 Å². The number of carbonyl (C=O) groups excluding carboxylic acids is 1. The molecule has 124 valence electrons. The largest absolute Gasteiger partial charge is 0.481 e. The third-order valence-corrected chi connectivity index (χ3v) is 4.85. The highest BCUT2D eigenvalue weighted by Gasteiger charge is 2.32. The molecule has 0 radical (unpaired) electrons. The average Bonchev–Trinajstić information content (AvgIpc) is 2.96. The Morgan fingerprint density at radius 3 is 2.78 bits per heavy atom. The Morgan fingerprint density at radius 1 is 1.30 bits per heavy atom. The highest BCUT2D eigenvalue weighted by Crippen LogP contribution is 2.29. The van der Waals surface area contributed by atoms with Gasteiger partial charge >= 0.3 is 5.97 Å². The summed E-state index contributed by atoms with van der Waals surface area (Å²) in [5, 5.41) is 9.46. The molecule has 3 unspecified atom stereocenters. The van der Waals surface area contributed by atoms with Gasteiger partial charge in [-0.1, -0.05) is 24.3 Å². The van der Waals surface area contributed by atoms with Gasteiger partial charge in [-0.25, -0.2) is 0 Å². The summed E-state index contributed by atoms with van der Waals surface area (Å²) in [5.41, 5.74) is 1.77. The van der Waals surface area contributed by atoms with Gasteiger partial charge in [-0.15, -0.1) is 0 Å². The fourth-order valence-corrected chi connectivity index (χ4v) is 3.55. The number of benzene rings is 1. The molecule has 0 bridgehead atoms. The number of ether oxygens (including phenoxy) is 1. The number of fused-ring (bicyclic) bond motifs is 1. The van der Waals surface area contributed by atoms with Crippen molar-refractivity contribution >= 4 is 11.9 Å². The van der Waals surface area contributed by atoms with Gasteiger partial charge < -0.3 is 14.7 Å². The van der Waals surface area contributed by atoms with E-state index in [1.54, 1.807) is 4.90 Å². The molecule has 5 nitrogen and oxygen atoms in total. The number of carboxylic acid groups (broad SMARTS) is 1. The number of amides is 1. The van der Waals surface area contributed by atoms with E-state index < -0.39 is 11.9 Å². The molecule has 5 heteroatoms. The molecule has 23 heavy (non-hydrogen) atoms. The molecule has 1 saturated heterocycles. The molecule has 0 spiro atoms. The molecule has 3 rings (SSSR count). The van der Waals surface area contributed by atoms with Gasteiger partial charge in [-0.05, 0) is 37.3 Å². The Labute approximate surface area is 136 Å². The maximum atomic E-state index is 12.5. The Hall–Kier alpha value is -1.88. The summed E-state index contributed by atoms with van der Waals surface area (Å²) in [6.07, 6.45) is 3.66. The van der Waals surface area contributed by atoms with E-state index in [4.69, 9.17) is 4.74 Å². The number of nitrogens with zero attached hydrogens (tertiary/aromatic N) is 1. The van der Waals surface area contributed by atoms with Crippen LogP contribution < -0.4 is 0 Å². The smallest absolute Gasteiger partial charge is 0.312 e. The topological polar surface area (TPSA) is 66.8 Å². The first-order chi connectivity index (χ1) is 11.0. The van der Waals surface area contributed by atoms with E-state index in [2.05, 4.69) is 6.92 Å². The number of carbonyl (C=O) groups is 2. The lowest BCUT2D eigenvalue weighted by molar-refractivity contribution is -0.141. The quantitative estimate of drug-likeness (QED) is 0.927. The van der Waals surface area contributed by atoms with Crippen LogP contribution in [0.4, 0.5) is 0 Å². The predicted molar refractivity (Wildman–Crippen MR) is 85.0 cm³/mol. The molecule has 1 fully saturated rings. The predicted octanol–water partition coefficient (Wildman–Crippen LogP) is 2.54. The molecule has 3 atom stereocenters. The van der Waals surface area contributed by atoms with Crippen LogP contribution in [-0.2, 0) is 20.9 Å². The average molecular weight is 317 g/mol. The zero-order valence-corrected chi connectivity index (χ0v) is 13.4. The minimum Gasteiger partial charge on any atom is -0.481 e. The van der Waals surface area contributed by atoms with E-state index in [-0.39, 0.29) is 24.7 Å². The first kappa shape index (κ1) is 16.0. The summed E-state index contributed by atoms with van der Waals surface area (Å²) >= 11 is 0. The molecule has 2 heterocycles. The van der Waals surface area contributed by atoms with Crippen LogP contribution in [-0.4, -0.2) is 40.6 Å². The summed E-state index contributed by atoms with van der Waals surface area (Å²) in [6, 6.07) is 7.50. The third-order valence-electron chi connectivity index (χ3n) is 4.85. The van der Waals surface area contributed by atoms with E-state index >= 15 is 0 Å². The number of carboxylic acids is 1. The molecular formula is C18H23NO4. The Bertz CT molecular complexity index is 600. The van der Waals surface area contributed by atoms with Gasteiger partial charge in [0.25, 0.3) is 0 Å². The second-order valence-corrected chi connectivity index (χ2v) is 6.55. The summed E-state index contributed by atoms with van der Waals surface area (Å²) in [6.45, 7) is 2.81. The number of hydrogen-bond acceptors (Lipinski definition) is 3. The van der Waals surface area contributed by atoms with Crippen molar-refractivity contribution < 1.29 is 19.4 Å². The molecule has 1 aromatic carbocycles. The summed E-state index contributed by atoms with van der Waals surface area (Å²) in [4.78, 5) is 25.7. The van der Waals surface area contributed by atoms with Crippen LogP contribution in [0.5, 0.6) is 0 Å². The van der Waals surface area contributed by atoms with Crippen molar-refractivity contribution in [2.24, 2.45) is 0 Å². The Kier molecular flexibility index (Phi) is 4.66. The van der Waals surface area contributed by atoms with Crippen LogP contribution >= 0.6 is 0 Å². The molecular weight excluding hydrogens is 294 g/mol. The van der Waals surface area contributed by atoms with Crippen molar-refractivity contribution in [2.45, 2.75) is 57.3 Å². The van der Waals surface area contributed by atoms with Gasteiger partial charge in [0, 0.05) is 19.5 Å². The normalized spacial score (nSPS) is 26.8. The third kappa shape index (κ3) is 3.55. The van der Waals surface area contributed by atoms with E-state index in [1.165, 1.54) is 0 Å². The highest BCUT2D eigenvalue weighted by atomic mass is 16.5. The molecule has 2 aliphatic rings. The van der Waals surface area contributed by atoms with Crippen LogP contribution in [0.2, 0.25) is 0 Å². The number of rotatable bonds is 4. The van der Waals surface area contributed by atoms with E-state index in [9.17, 15) is 14.7 Å². The second-order valence-electron chi connectivity index (χ2n) is 6.55. The van der Waals surface area contributed by atoms with Gasteiger partial charge in [0.1, 0.15) is 0 Å². The lowest BCUT2D eigenvalue weighted by Gasteiger charge is -2.33. The maximum absolute atomic E-state index is 12.5. The van der Waals surface area contributed by atoms with Gasteiger partial charge in [-0.3, -0.25) is 9.59 Å². The van der Waals surface area contributed by atoms with Gasteiger partial charge in [0.05, 0.1) is 18.1 Å². The lowest BCUT2D eigenvalue weighted by Crippen LogP contribution is -2.40. The van der Waals surface area contributed by atoms with E-state index in [1.807, 2.05) is 24.3 Å². The van der Waals surface area contributed by atoms with Crippen LogP contribution in [0, 0.1) is 0 Å². The van der Waals surface area contributed by atoms with Crippen molar-refractivity contribution in [3.05, 3.63) is 35.4 Å². The van der Waals surface area contributed by atoms with Crippen molar-refractivity contribution in [1.29, 1.82) is 0 Å². The molecule has 0 aromatic heterocycles. The first-order valence-corrected chi connectivity index (χ1v) is 8.28. The summed E-state index contributed by atoms with van der Waals surface area (Å²) in [5.74, 6) is -1.48. The molecule has 0 saturated carbocycles. The van der Waals surface area contributed by atoms with Gasteiger partial charge in [0.2, 0.25) is 5.91 Å². The molecule has 1 N–H and O–H groups in total. The summed E-state index contributed by atoms with van der Waals surface area (Å²) < 4.78 is 5.75. The number of hydrogen-bond donors (Lipinski definition) is 1. The fraction of sp³-hybridized carbons (Fsp3) is 0.556. The summed E-state index contributed by atoms with van der Waals surface area (Å²) in [7, 11) is 0. The Balaban J connectivity index is 1.64. The molecule has 2 aliphatic heterocycles. The van der Waals surface area contributed by atoms with E-state index in [0.717, 1.165) is 30.4 Å². The first-order valence-electron chi connectivity index (χ1n) is 8.28. The monoisotopic (exact) mass is 317 g/mol. The van der Waals surface area contributed by atoms with Crippen molar-refractivity contribution in [2.75, 3.05) is 6.54 Å². The fourth-order valence-electron chi connectivity index (χ4n) is 3.55. The van der Waals surface area contributed by atoms with Crippen molar-refractivity contribution in [1.82, 2.24) is 4.90 Å². The van der Waals surface area contributed by atoms with Crippen molar-refractivity contribution in [3.63, 3.8) is 0 Å². The number of aliphatic carboxylic acids is 1. The minimum atomic E-state index is -0.872. The van der Waals surface area contributed by atoms with Crippen LogP contribution in [0.3, 0.4) is 0 Å². The van der Waals surface area contributed by atoms with Gasteiger partial charge in [0.15, 0.2) is 0 Å².